The van der Waals surface area contributed by atoms with Gasteiger partial charge in [0.25, 0.3) is 0 Å². The Kier molecular flexibility index (Phi) is 9.84. The first-order valence-corrected chi connectivity index (χ1v) is 23.6. The van der Waals surface area contributed by atoms with Gasteiger partial charge in [-0.15, -0.1) is 0 Å². The number of aromatic nitrogens is 1. The van der Waals surface area contributed by atoms with Crippen LogP contribution < -0.4 is 4.90 Å². The van der Waals surface area contributed by atoms with Crippen molar-refractivity contribution in [2.75, 3.05) is 4.90 Å². The molecule has 13 rings (SSSR count). The van der Waals surface area contributed by atoms with Gasteiger partial charge in [0.15, 0.2) is 0 Å². The van der Waals surface area contributed by atoms with Crippen molar-refractivity contribution in [3.63, 3.8) is 0 Å². The lowest BCUT2D eigenvalue weighted by molar-refractivity contribution is 0.669. The SMILES string of the molecule is c1ccc(-c2ccc(-c3cccc(N(c4ccc(-c5cccc(-c6cccc7oc8ccccc8c67)c5)cc4)c4ccc(-c5cccc(-n6c7ccccc7c7ccccc76)c5)cc4)c3)cc2)cc1. The van der Waals surface area contributed by atoms with Gasteiger partial charge in [-0.25, -0.2) is 0 Å². The van der Waals surface area contributed by atoms with E-state index < -0.39 is 0 Å². The van der Waals surface area contributed by atoms with Crippen molar-refractivity contribution in [1.29, 1.82) is 0 Å². The smallest absolute Gasteiger partial charge is 0.136 e. The van der Waals surface area contributed by atoms with Crippen LogP contribution in [0.3, 0.4) is 0 Å². The van der Waals surface area contributed by atoms with Crippen molar-refractivity contribution >= 4 is 60.8 Å². The maximum absolute atomic E-state index is 6.26. The lowest BCUT2D eigenvalue weighted by atomic mass is 9.96. The third kappa shape index (κ3) is 7.25. The number of fused-ring (bicyclic) bond motifs is 6. The van der Waals surface area contributed by atoms with Crippen molar-refractivity contribution in [2.24, 2.45) is 0 Å². The van der Waals surface area contributed by atoms with Crippen LogP contribution in [0.4, 0.5) is 17.1 Å². The lowest BCUT2D eigenvalue weighted by Gasteiger charge is -2.26. The Bertz CT molecular complexity index is 3940. The van der Waals surface area contributed by atoms with Crippen molar-refractivity contribution in [3.05, 3.63) is 267 Å². The second-order valence-electron chi connectivity index (χ2n) is 17.7. The van der Waals surface area contributed by atoms with Gasteiger partial charge in [-0.1, -0.05) is 188 Å². The zero-order valence-electron chi connectivity index (χ0n) is 37.7. The highest BCUT2D eigenvalue weighted by atomic mass is 16.3. The van der Waals surface area contributed by atoms with Gasteiger partial charge < -0.3 is 13.9 Å². The lowest BCUT2D eigenvalue weighted by Crippen LogP contribution is -2.10. The summed E-state index contributed by atoms with van der Waals surface area (Å²) in [5.74, 6) is 0. The molecule has 2 aromatic heterocycles. The third-order valence-electron chi connectivity index (χ3n) is 13.6. The maximum atomic E-state index is 6.26. The van der Waals surface area contributed by atoms with Crippen LogP contribution in [0.15, 0.2) is 271 Å². The highest BCUT2D eigenvalue weighted by molar-refractivity contribution is 6.12. The predicted molar refractivity (Wildman–Crippen MR) is 290 cm³/mol. The molecule has 0 saturated carbocycles. The van der Waals surface area contributed by atoms with Crippen LogP contribution in [0, 0.1) is 0 Å². The number of hydrogen-bond donors (Lipinski definition) is 0. The summed E-state index contributed by atoms with van der Waals surface area (Å²) in [6.45, 7) is 0. The molecular formula is C66H44N2O. The van der Waals surface area contributed by atoms with Gasteiger partial charge in [-0.05, 0) is 134 Å². The van der Waals surface area contributed by atoms with E-state index in [4.69, 9.17) is 4.42 Å². The standard InChI is InChI=1S/C66H44N2O/c1-2-14-45(15-3-1)46-30-32-47(33-31-46)51-17-11-20-56(43-51)67(54-38-34-48(35-39-54)50-16-10-19-53(42-50)58-25-13-29-65-66(58)61-24-6-9-28-64(61)69-65)55-40-36-49(37-41-55)52-18-12-21-57(44-52)68-62-26-7-4-22-59(62)60-23-5-8-27-63(60)68/h1-44H. The van der Waals surface area contributed by atoms with Crippen LogP contribution in [0.25, 0.3) is 105 Å². The summed E-state index contributed by atoms with van der Waals surface area (Å²) in [4.78, 5) is 2.37. The molecule has 0 fully saturated rings. The number of para-hydroxylation sites is 3. The molecule has 3 heteroatoms. The van der Waals surface area contributed by atoms with E-state index in [2.05, 4.69) is 264 Å². The molecule has 0 saturated heterocycles. The van der Waals surface area contributed by atoms with Crippen LogP contribution in [-0.4, -0.2) is 4.57 Å². The molecule has 0 N–H and O–H groups in total. The Morgan fingerprint density at radius 1 is 0.275 bits per heavy atom. The van der Waals surface area contributed by atoms with Crippen LogP contribution in [-0.2, 0) is 0 Å². The van der Waals surface area contributed by atoms with E-state index in [-0.39, 0.29) is 0 Å². The summed E-state index contributed by atoms with van der Waals surface area (Å²) < 4.78 is 8.64. The largest absolute Gasteiger partial charge is 0.456 e. The van der Waals surface area contributed by atoms with E-state index in [1.54, 1.807) is 0 Å². The molecule has 2 heterocycles. The van der Waals surface area contributed by atoms with Gasteiger partial charge in [0.05, 0.1) is 11.0 Å². The minimum Gasteiger partial charge on any atom is -0.456 e. The summed E-state index contributed by atoms with van der Waals surface area (Å²) in [5, 5.41) is 4.80. The summed E-state index contributed by atoms with van der Waals surface area (Å²) in [6.07, 6.45) is 0. The summed E-state index contributed by atoms with van der Waals surface area (Å²) >= 11 is 0. The average Bonchev–Trinajstić information content (AvgIpc) is 3.98. The third-order valence-corrected chi connectivity index (χ3v) is 13.6. The van der Waals surface area contributed by atoms with Gasteiger partial charge in [0.1, 0.15) is 11.2 Å². The number of nitrogens with zero attached hydrogens (tertiary/aromatic N) is 2. The quantitative estimate of drug-likeness (QED) is 0.144. The normalized spacial score (nSPS) is 11.5. The zero-order chi connectivity index (χ0) is 45.7. The zero-order valence-corrected chi connectivity index (χ0v) is 37.7. The van der Waals surface area contributed by atoms with Crippen LogP contribution in [0.2, 0.25) is 0 Å². The van der Waals surface area contributed by atoms with Gasteiger partial charge >= 0.3 is 0 Å². The molecule has 0 bridgehead atoms. The fourth-order valence-electron chi connectivity index (χ4n) is 10.3. The molecule has 0 amide bonds. The minimum absolute atomic E-state index is 0.901. The van der Waals surface area contributed by atoms with Crippen molar-refractivity contribution in [1.82, 2.24) is 4.57 Å². The summed E-state index contributed by atoms with van der Waals surface area (Å²) in [5.41, 5.74) is 20.3. The van der Waals surface area contributed by atoms with E-state index in [1.807, 2.05) is 12.1 Å². The topological polar surface area (TPSA) is 21.3 Å². The second-order valence-corrected chi connectivity index (χ2v) is 17.7. The Labute approximate surface area is 401 Å². The van der Waals surface area contributed by atoms with Gasteiger partial charge in [0, 0.05) is 44.3 Å². The maximum Gasteiger partial charge on any atom is 0.136 e. The average molecular weight is 881 g/mol. The predicted octanol–water partition coefficient (Wildman–Crippen LogP) is 18.5. The highest BCUT2D eigenvalue weighted by Crippen LogP contribution is 2.41. The molecule has 0 radical (unpaired) electrons. The van der Waals surface area contributed by atoms with E-state index >= 15 is 0 Å². The van der Waals surface area contributed by atoms with Crippen LogP contribution in [0.1, 0.15) is 0 Å². The Morgan fingerprint density at radius 3 is 1.39 bits per heavy atom. The fourth-order valence-corrected chi connectivity index (χ4v) is 10.3. The molecule has 0 aliphatic rings. The number of anilines is 3. The number of rotatable bonds is 9. The van der Waals surface area contributed by atoms with Crippen molar-refractivity contribution in [3.8, 4) is 61.3 Å². The molecule has 0 unspecified atom stereocenters. The Hall–Kier alpha value is -9.18. The van der Waals surface area contributed by atoms with E-state index in [1.165, 1.54) is 44.1 Å². The molecule has 0 aliphatic carbocycles. The molecule has 3 nitrogen and oxygen atoms in total. The highest BCUT2D eigenvalue weighted by Gasteiger charge is 2.17. The molecule has 11 aromatic carbocycles. The Balaban J connectivity index is 0.869. The molecule has 0 aliphatic heterocycles. The number of benzene rings is 11. The van der Waals surface area contributed by atoms with Gasteiger partial charge in [0.2, 0.25) is 0 Å². The molecule has 69 heavy (non-hydrogen) atoms. The van der Waals surface area contributed by atoms with Crippen LogP contribution in [0.5, 0.6) is 0 Å². The monoisotopic (exact) mass is 880 g/mol. The Morgan fingerprint density at radius 2 is 0.725 bits per heavy atom. The molecule has 0 spiro atoms. The molecule has 324 valence electrons. The fraction of sp³-hybridized carbons (Fsp3) is 0. The summed E-state index contributed by atoms with van der Waals surface area (Å²) in [6, 6.07) is 96.1. The molecule has 0 atom stereocenters. The first kappa shape index (κ1) is 40.1. The molecule has 13 aromatic rings. The van der Waals surface area contributed by atoms with Gasteiger partial charge in [-0.3, -0.25) is 0 Å². The van der Waals surface area contributed by atoms with E-state index in [0.29, 0.717) is 0 Å². The van der Waals surface area contributed by atoms with Crippen molar-refractivity contribution in [2.45, 2.75) is 0 Å². The second kappa shape index (κ2) is 16.9. The van der Waals surface area contributed by atoms with Crippen LogP contribution >= 0.6 is 0 Å². The first-order chi connectivity index (χ1) is 34.2. The molecular weight excluding hydrogens is 837 g/mol. The number of furan rings is 1. The first-order valence-electron chi connectivity index (χ1n) is 23.6. The van der Waals surface area contributed by atoms with E-state index in [0.717, 1.165) is 78.1 Å². The minimum atomic E-state index is 0.901. The number of hydrogen-bond acceptors (Lipinski definition) is 2. The van der Waals surface area contributed by atoms with E-state index in [9.17, 15) is 0 Å². The van der Waals surface area contributed by atoms with Gasteiger partial charge in [-0.2, -0.15) is 0 Å². The van der Waals surface area contributed by atoms with Crippen molar-refractivity contribution < 1.29 is 4.42 Å². The summed E-state index contributed by atoms with van der Waals surface area (Å²) in [7, 11) is 0.